The van der Waals surface area contributed by atoms with Crippen LogP contribution in [-0.2, 0) is 4.79 Å². The molecule has 0 saturated heterocycles. The molecule has 0 bridgehead atoms. The summed E-state index contributed by atoms with van der Waals surface area (Å²) in [5, 5.41) is 10.3. The van der Waals surface area contributed by atoms with E-state index in [1.165, 1.54) is 23.9 Å². The Labute approximate surface area is 129 Å². The smallest absolute Gasteiger partial charge is 0.234 e. The highest BCUT2D eigenvalue weighted by Gasteiger charge is 2.27. The fraction of sp³-hybridized carbons (Fsp3) is 0.308. The van der Waals surface area contributed by atoms with Gasteiger partial charge in [-0.2, -0.15) is 0 Å². The molecule has 5 nitrogen and oxygen atoms in total. The zero-order valence-electron chi connectivity index (χ0n) is 10.9. The predicted molar refractivity (Wildman–Crippen MR) is 79.1 cm³/mol. The SMILES string of the molecule is O=C(CSc1n[nH]c(C2CC2)n1)Nc1ccc(F)cc1Cl. The minimum atomic E-state index is -0.444. The van der Waals surface area contributed by atoms with Crippen molar-refractivity contribution in [1.82, 2.24) is 15.2 Å². The van der Waals surface area contributed by atoms with Crippen molar-refractivity contribution < 1.29 is 9.18 Å². The lowest BCUT2D eigenvalue weighted by atomic mass is 10.3. The van der Waals surface area contributed by atoms with Crippen LogP contribution >= 0.6 is 23.4 Å². The molecule has 1 aliphatic rings. The number of H-pyrrole nitrogens is 1. The van der Waals surface area contributed by atoms with Crippen molar-refractivity contribution in [3.63, 3.8) is 0 Å². The molecule has 0 aliphatic heterocycles. The maximum atomic E-state index is 12.9. The van der Waals surface area contributed by atoms with E-state index in [1.807, 2.05) is 0 Å². The molecule has 1 heterocycles. The Morgan fingerprint density at radius 2 is 2.33 bits per heavy atom. The van der Waals surface area contributed by atoms with Crippen LogP contribution in [0.3, 0.4) is 0 Å². The topological polar surface area (TPSA) is 70.7 Å². The summed E-state index contributed by atoms with van der Waals surface area (Å²) in [5.74, 6) is 0.862. The summed E-state index contributed by atoms with van der Waals surface area (Å²) in [7, 11) is 0. The summed E-state index contributed by atoms with van der Waals surface area (Å²) in [6, 6.07) is 3.82. The van der Waals surface area contributed by atoms with E-state index in [4.69, 9.17) is 11.6 Å². The lowest BCUT2D eigenvalue weighted by Crippen LogP contribution is -2.14. The average Bonchev–Trinajstić information content (AvgIpc) is 3.19. The molecule has 0 unspecified atom stereocenters. The van der Waals surface area contributed by atoms with Crippen LogP contribution in [0.4, 0.5) is 10.1 Å². The summed E-state index contributed by atoms with van der Waals surface area (Å²) in [4.78, 5) is 16.1. The average molecular weight is 327 g/mol. The van der Waals surface area contributed by atoms with Crippen LogP contribution in [0.5, 0.6) is 0 Å². The zero-order chi connectivity index (χ0) is 14.8. The second kappa shape index (κ2) is 6.03. The Morgan fingerprint density at radius 1 is 1.52 bits per heavy atom. The standard InChI is InChI=1S/C13H12ClFN4OS/c14-9-5-8(15)3-4-10(9)16-11(20)6-21-13-17-12(18-19-13)7-1-2-7/h3-5,7H,1-2,6H2,(H,16,20)(H,17,18,19). The normalized spacial score (nSPS) is 14.2. The highest BCUT2D eigenvalue weighted by atomic mass is 35.5. The summed E-state index contributed by atoms with van der Waals surface area (Å²) in [6.45, 7) is 0. The number of rotatable bonds is 5. The number of hydrogen-bond donors (Lipinski definition) is 2. The first-order valence-electron chi connectivity index (χ1n) is 6.42. The number of halogens is 2. The third-order valence-corrected chi connectivity index (χ3v) is 4.14. The van der Waals surface area contributed by atoms with E-state index < -0.39 is 5.82 Å². The second-order valence-corrected chi connectivity index (χ2v) is 6.09. The van der Waals surface area contributed by atoms with Gasteiger partial charge in [-0.3, -0.25) is 9.89 Å². The first kappa shape index (κ1) is 14.3. The second-order valence-electron chi connectivity index (χ2n) is 4.74. The monoisotopic (exact) mass is 326 g/mol. The van der Waals surface area contributed by atoms with Crippen LogP contribution in [-0.4, -0.2) is 26.8 Å². The summed E-state index contributed by atoms with van der Waals surface area (Å²) >= 11 is 7.08. The van der Waals surface area contributed by atoms with Crippen molar-refractivity contribution in [2.24, 2.45) is 0 Å². The van der Waals surface area contributed by atoms with E-state index in [0.29, 0.717) is 16.8 Å². The molecular formula is C13H12ClFN4OS. The first-order valence-corrected chi connectivity index (χ1v) is 7.78. The molecule has 1 saturated carbocycles. The number of nitrogens with zero attached hydrogens (tertiary/aromatic N) is 2. The Balaban J connectivity index is 1.53. The molecule has 1 amide bonds. The van der Waals surface area contributed by atoms with Gasteiger partial charge in [-0.25, -0.2) is 9.37 Å². The van der Waals surface area contributed by atoms with Gasteiger partial charge in [0, 0.05) is 5.92 Å². The molecule has 2 N–H and O–H groups in total. The van der Waals surface area contributed by atoms with Gasteiger partial charge in [0.2, 0.25) is 11.1 Å². The van der Waals surface area contributed by atoms with Gasteiger partial charge in [0.05, 0.1) is 16.5 Å². The van der Waals surface area contributed by atoms with Gasteiger partial charge in [0.25, 0.3) is 0 Å². The van der Waals surface area contributed by atoms with Gasteiger partial charge in [0.15, 0.2) is 0 Å². The van der Waals surface area contributed by atoms with Gasteiger partial charge >= 0.3 is 0 Å². The maximum Gasteiger partial charge on any atom is 0.234 e. The Kier molecular flexibility index (Phi) is 4.12. The van der Waals surface area contributed by atoms with Crippen LogP contribution in [0.15, 0.2) is 23.4 Å². The van der Waals surface area contributed by atoms with Gasteiger partial charge < -0.3 is 5.32 Å². The summed E-state index contributed by atoms with van der Waals surface area (Å²) in [6.07, 6.45) is 2.28. The van der Waals surface area contributed by atoms with Crippen molar-refractivity contribution in [3.8, 4) is 0 Å². The number of benzene rings is 1. The van der Waals surface area contributed by atoms with Gasteiger partial charge in [0.1, 0.15) is 11.6 Å². The largest absolute Gasteiger partial charge is 0.324 e. The number of thioether (sulfide) groups is 1. The Bertz CT molecular complexity index is 674. The van der Waals surface area contributed by atoms with Crippen molar-refractivity contribution >= 4 is 35.0 Å². The number of anilines is 1. The van der Waals surface area contributed by atoms with Crippen LogP contribution in [0, 0.1) is 5.82 Å². The van der Waals surface area contributed by atoms with Gasteiger partial charge in [-0.05, 0) is 31.0 Å². The minimum absolute atomic E-state index is 0.162. The van der Waals surface area contributed by atoms with Crippen molar-refractivity contribution in [1.29, 1.82) is 0 Å². The van der Waals surface area contributed by atoms with Crippen molar-refractivity contribution in [2.45, 2.75) is 23.9 Å². The fourth-order valence-corrected chi connectivity index (χ4v) is 2.59. The van der Waals surface area contributed by atoms with E-state index in [9.17, 15) is 9.18 Å². The number of carbonyl (C=O) groups excluding carboxylic acids is 1. The van der Waals surface area contributed by atoms with E-state index in [2.05, 4.69) is 20.5 Å². The summed E-state index contributed by atoms with van der Waals surface area (Å²) in [5.41, 5.74) is 0.386. The van der Waals surface area contributed by atoms with Crippen LogP contribution in [0.1, 0.15) is 24.6 Å². The van der Waals surface area contributed by atoms with E-state index in [1.54, 1.807) is 0 Å². The van der Waals surface area contributed by atoms with E-state index in [-0.39, 0.29) is 16.7 Å². The number of aromatic amines is 1. The zero-order valence-corrected chi connectivity index (χ0v) is 12.5. The highest BCUT2D eigenvalue weighted by Crippen LogP contribution is 2.38. The van der Waals surface area contributed by atoms with E-state index >= 15 is 0 Å². The molecule has 21 heavy (non-hydrogen) atoms. The molecule has 2 aromatic rings. The number of aromatic nitrogens is 3. The lowest BCUT2D eigenvalue weighted by molar-refractivity contribution is -0.113. The minimum Gasteiger partial charge on any atom is -0.324 e. The van der Waals surface area contributed by atoms with E-state index in [0.717, 1.165) is 24.7 Å². The molecule has 0 radical (unpaired) electrons. The quantitative estimate of drug-likeness (QED) is 0.828. The Hall–Kier alpha value is -1.60. The molecule has 0 spiro atoms. The molecule has 1 fully saturated rings. The number of nitrogens with one attached hydrogen (secondary N) is 2. The van der Waals surface area contributed by atoms with Crippen molar-refractivity contribution in [2.75, 3.05) is 11.1 Å². The molecular weight excluding hydrogens is 315 g/mol. The number of carbonyl (C=O) groups is 1. The fourth-order valence-electron chi connectivity index (χ4n) is 1.77. The Morgan fingerprint density at radius 3 is 3.05 bits per heavy atom. The highest BCUT2D eigenvalue weighted by molar-refractivity contribution is 7.99. The molecule has 1 aliphatic carbocycles. The van der Waals surface area contributed by atoms with Crippen LogP contribution in [0.25, 0.3) is 0 Å². The van der Waals surface area contributed by atoms with Crippen molar-refractivity contribution in [3.05, 3.63) is 34.9 Å². The van der Waals surface area contributed by atoms with Gasteiger partial charge in [-0.15, -0.1) is 5.10 Å². The third-order valence-electron chi connectivity index (χ3n) is 2.98. The molecule has 3 rings (SSSR count). The van der Waals surface area contributed by atoms with Gasteiger partial charge in [-0.1, -0.05) is 23.4 Å². The molecule has 1 aromatic carbocycles. The third kappa shape index (κ3) is 3.74. The molecule has 110 valence electrons. The lowest BCUT2D eigenvalue weighted by Gasteiger charge is -2.06. The molecule has 0 atom stereocenters. The molecule has 1 aromatic heterocycles. The number of hydrogen-bond acceptors (Lipinski definition) is 4. The van der Waals surface area contributed by atoms with Crippen LogP contribution in [0.2, 0.25) is 5.02 Å². The summed E-state index contributed by atoms with van der Waals surface area (Å²) < 4.78 is 12.9. The first-order chi connectivity index (χ1) is 10.1. The molecule has 8 heteroatoms. The maximum absolute atomic E-state index is 12.9. The number of amides is 1. The predicted octanol–water partition coefficient (Wildman–Crippen LogP) is 3.21. The van der Waals surface area contributed by atoms with Crippen LogP contribution < -0.4 is 5.32 Å².